The van der Waals surface area contributed by atoms with Crippen molar-refractivity contribution < 1.29 is 28.9 Å². The van der Waals surface area contributed by atoms with Gasteiger partial charge in [0.2, 0.25) is 0 Å². The Bertz CT molecular complexity index is 1270. The molecule has 187 valence electrons. The van der Waals surface area contributed by atoms with E-state index >= 15 is 0 Å². The third kappa shape index (κ3) is 7.58. The quantitative estimate of drug-likeness (QED) is 0.190. The Kier molecular flexibility index (Phi) is 9.15. The van der Waals surface area contributed by atoms with Crippen molar-refractivity contribution in [3.05, 3.63) is 83.6 Å². The molecule has 0 saturated carbocycles. The molecule has 1 radical (unpaired) electrons. The van der Waals surface area contributed by atoms with Gasteiger partial charge in [0.05, 0.1) is 0 Å². The normalized spacial score (nSPS) is 11.3. The summed E-state index contributed by atoms with van der Waals surface area (Å²) < 4.78 is 26.3. The van der Waals surface area contributed by atoms with Gasteiger partial charge in [0.25, 0.3) is 0 Å². The largest absolute Gasteiger partial charge is 0.574 e. The SMILES string of the molecule is CC(C)(C)c1ccnc(-c2[c-]cc(F)nc2F)c1.Cc1cc(-c2cc(C(C)(C)C)ccn2)[n-]n1.[Ir]. The summed E-state index contributed by atoms with van der Waals surface area (Å²) in [6, 6.07) is 13.3. The van der Waals surface area contributed by atoms with Crippen molar-refractivity contribution in [2.75, 3.05) is 0 Å². The Morgan fingerprint density at radius 1 is 0.829 bits per heavy atom. The molecule has 0 spiro atoms. The molecule has 4 heterocycles. The first-order valence-corrected chi connectivity index (χ1v) is 11.0. The smallest absolute Gasteiger partial charge is 0.128 e. The predicted octanol–water partition coefficient (Wildman–Crippen LogP) is 6.22. The number of hydrogen-bond acceptors (Lipinski definition) is 4. The Morgan fingerprint density at radius 2 is 1.37 bits per heavy atom. The van der Waals surface area contributed by atoms with Crippen LogP contribution in [0.15, 0.2) is 48.8 Å². The average Bonchev–Trinajstić information content (AvgIpc) is 3.20. The molecule has 0 amide bonds. The first-order valence-electron chi connectivity index (χ1n) is 11.0. The molecule has 0 atom stereocenters. The van der Waals surface area contributed by atoms with Gasteiger partial charge in [0, 0.05) is 43.9 Å². The second-order valence-electron chi connectivity index (χ2n) is 10.1. The van der Waals surface area contributed by atoms with Gasteiger partial charge in [-0.3, -0.25) is 9.97 Å². The summed E-state index contributed by atoms with van der Waals surface area (Å²) in [5, 5.41) is 8.09. The van der Waals surface area contributed by atoms with E-state index in [9.17, 15) is 8.78 Å². The van der Waals surface area contributed by atoms with Gasteiger partial charge in [-0.25, -0.2) is 8.78 Å². The van der Waals surface area contributed by atoms with Crippen molar-refractivity contribution in [3.63, 3.8) is 0 Å². The number of hydrogen-bond donors (Lipinski definition) is 0. The van der Waals surface area contributed by atoms with Crippen LogP contribution in [0.1, 0.15) is 58.4 Å². The molecule has 0 aliphatic rings. The molecule has 0 fully saturated rings. The van der Waals surface area contributed by atoms with Crippen molar-refractivity contribution in [1.29, 1.82) is 0 Å². The van der Waals surface area contributed by atoms with Crippen LogP contribution in [0.25, 0.3) is 22.6 Å². The zero-order chi connectivity index (χ0) is 25.1. The van der Waals surface area contributed by atoms with Gasteiger partial charge >= 0.3 is 0 Å². The van der Waals surface area contributed by atoms with Crippen LogP contribution < -0.4 is 5.10 Å². The Morgan fingerprint density at radius 3 is 1.86 bits per heavy atom. The fourth-order valence-electron chi connectivity index (χ4n) is 3.14. The maximum atomic E-state index is 13.5. The van der Waals surface area contributed by atoms with Crippen LogP contribution in [0, 0.1) is 24.9 Å². The third-order valence-corrected chi connectivity index (χ3v) is 5.18. The number of halogens is 2. The van der Waals surface area contributed by atoms with Crippen LogP contribution >= 0.6 is 0 Å². The van der Waals surface area contributed by atoms with Crippen LogP contribution in [0.5, 0.6) is 0 Å². The molecule has 0 aliphatic carbocycles. The summed E-state index contributed by atoms with van der Waals surface area (Å²) in [5.74, 6) is -1.78. The number of aryl methyl sites for hydroxylation is 1. The van der Waals surface area contributed by atoms with E-state index in [4.69, 9.17) is 0 Å². The molecule has 0 aliphatic heterocycles. The maximum absolute atomic E-state index is 13.5. The van der Waals surface area contributed by atoms with E-state index < -0.39 is 11.9 Å². The first kappa shape index (κ1) is 28.4. The fourth-order valence-corrected chi connectivity index (χ4v) is 3.14. The van der Waals surface area contributed by atoms with Gasteiger partial charge in [-0.05, 0) is 52.8 Å². The van der Waals surface area contributed by atoms with Crippen LogP contribution in [0.4, 0.5) is 8.78 Å². The van der Waals surface area contributed by atoms with E-state index in [1.54, 1.807) is 12.3 Å². The van der Waals surface area contributed by atoms with Crippen molar-refractivity contribution >= 4 is 0 Å². The Balaban J connectivity index is 0.000000241. The van der Waals surface area contributed by atoms with E-state index in [1.807, 2.05) is 31.3 Å². The number of rotatable bonds is 2. The standard InChI is InChI=1S/C14H13F2N2.C13H16N3.Ir/c1-14(2,3)9-6-7-17-11(8-9)10-4-5-12(15)18-13(10)16;1-9-7-12(16-15-9)11-8-10(5-6-14-11)13(2,3)4;/h5-8H,1-3H3;5-8H,1-4H3;/q2*-1;. The predicted molar refractivity (Wildman–Crippen MR) is 129 cm³/mol. The van der Waals surface area contributed by atoms with Crippen molar-refractivity contribution in [3.8, 4) is 22.6 Å². The minimum atomic E-state index is -0.895. The van der Waals surface area contributed by atoms with Gasteiger partial charge in [0.15, 0.2) is 0 Å². The molecular formula is C27H29F2IrN5-2. The van der Waals surface area contributed by atoms with E-state index in [1.165, 1.54) is 5.56 Å². The van der Waals surface area contributed by atoms with E-state index in [0.29, 0.717) is 5.69 Å². The molecule has 0 aromatic carbocycles. The van der Waals surface area contributed by atoms with Gasteiger partial charge in [0.1, 0.15) is 11.9 Å². The number of aromatic nitrogens is 5. The zero-order valence-electron chi connectivity index (χ0n) is 20.9. The minimum absolute atomic E-state index is 0. The van der Waals surface area contributed by atoms with Crippen molar-refractivity contribution in [2.45, 2.75) is 59.3 Å². The van der Waals surface area contributed by atoms with Gasteiger partial charge < -0.3 is 15.2 Å². The van der Waals surface area contributed by atoms with E-state index in [-0.39, 0.29) is 36.5 Å². The number of nitrogens with zero attached hydrogens (tertiary/aromatic N) is 5. The van der Waals surface area contributed by atoms with Crippen molar-refractivity contribution in [2.24, 2.45) is 0 Å². The average molecular weight is 654 g/mol. The molecule has 0 bridgehead atoms. The van der Waals surface area contributed by atoms with Crippen LogP contribution in [0.3, 0.4) is 0 Å². The monoisotopic (exact) mass is 654 g/mol. The molecule has 0 N–H and O–H groups in total. The zero-order valence-corrected chi connectivity index (χ0v) is 23.3. The van der Waals surface area contributed by atoms with Gasteiger partial charge in [-0.15, -0.1) is 6.07 Å². The summed E-state index contributed by atoms with van der Waals surface area (Å²) in [6.07, 6.45) is 3.44. The molecule has 8 heteroatoms. The summed E-state index contributed by atoms with van der Waals surface area (Å²) >= 11 is 0. The maximum Gasteiger partial charge on any atom is 0.128 e. The van der Waals surface area contributed by atoms with E-state index in [0.717, 1.165) is 28.7 Å². The summed E-state index contributed by atoms with van der Waals surface area (Å²) in [4.78, 5) is 11.6. The summed E-state index contributed by atoms with van der Waals surface area (Å²) in [6.45, 7) is 14.7. The third-order valence-electron chi connectivity index (χ3n) is 5.18. The van der Waals surface area contributed by atoms with Crippen LogP contribution in [-0.2, 0) is 30.9 Å². The molecular weight excluding hydrogens is 625 g/mol. The minimum Gasteiger partial charge on any atom is -0.574 e. The second kappa shape index (κ2) is 11.3. The Labute approximate surface area is 219 Å². The van der Waals surface area contributed by atoms with Crippen LogP contribution in [0.2, 0.25) is 0 Å². The molecule has 4 aromatic rings. The van der Waals surface area contributed by atoms with Crippen molar-refractivity contribution in [1.82, 2.24) is 25.1 Å². The Hall–Kier alpha value is -2.83. The van der Waals surface area contributed by atoms with E-state index in [2.05, 4.69) is 78.8 Å². The summed E-state index contributed by atoms with van der Waals surface area (Å²) in [5.41, 5.74) is 5.52. The number of pyridine rings is 3. The molecule has 4 rings (SSSR count). The second-order valence-corrected chi connectivity index (χ2v) is 10.1. The molecule has 4 aromatic heterocycles. The van der Waals surface area contributed by atoms with Gasteiger partial charge in [-0.2, -0.15) is 0 Å². The molecule has 5 nitrogen and oxygen atoms in total. The fraction of sp³-hybridized carbons (Fsp3) is 0.333. The van der Waals surface area contributed by atoms with Crippen LogP contribution in [-0.4, -0.2) is 20.1 Å². The molecule has 0 saturated heterocycles. The molecule has 35 heavy (non-hydrogen) atoms. The molecule has 0 unspecified atom stereocenters. The topological polar surface area (TPSA) is 65.7 Å². The first-order chi connectivity index (χ1) is 15.8. The summed E-state index contributed by atoms with van der Waals surface area (Å²) in [7, 11) is 0. The van der Waals surface area contributed by atoms with Gasteiger partial charge in [-0.1, -0.05) is 71.0 Å².